The Morgan fingerprint density at radius 1 is 1.31 bits per heavy atom. The molecule has 0 heterocycles. The Hall–Kier alpha value is -1.18. The van der Waals surface area contributed by atoms with Crippen LogP contribution in [0.2, 0.25) is 0 Å². The second-order valence-corrected chi connectivity index (χ2v) is 1.91. The Balaban J connectivity index is 3.94. The van der Waals surface area contributed by atoms with E-state index in [1.54, 1.807) is 0 Å². The van der Waals surface area contributed by atoms with Gasteiger partial charge in [0.1, 0.15) is 6.61 Å². The molecule has 1 unspecified atom stereocenters. The fraction of sp³-hybridized carbons (Fsp3) is 0.667. The number of carbonyl (C=O) groups excluding carboxylic acids is 1. The lowest BCUT2D eigenvalue weighted by atomic mass is 10.6. The molecule has 0 aromatic rings. The summed E-state index contributed by atoms with van der Waals surface area (Å²) in [5.41, 5.74) is 0. The molecule has 0 radical (unpaired) electrons. The third kappa shape index (κ3) is 5.12. The van der Waals surface area contributed by atoms with E-state index in [1.165, 1.54) is 0 Å². The smallest absolute Gasteiger partial charge is 0.374 e. The van der Waals surface area contributed by atoms with Crippen LogP contribution in [-0.2, 0) is 19.1 Å². The van der Waals surface area contributed by atoms with Crippen molar-refractivity contribution in [2.45, 2.75) is 6.29 Å². The molecule has 0 saturated carbocycles. The Bertz CT molecular complexity index is 178. The monoisotopic (exact) mass is 194 g/mol. The number of aliphatic hydroxyl groups excluding tert-OH is 2. The molecule has 0 aliphatic rings. The summed E-state index contributed by atoms with van der Waals surface area (Å²) in [5, 5.41) is 24.9. The van der Waals surface area contributed by atoms with Gasteiger partial charge in [-0.05, 0) is 0 Å². The zero-order valence-corrected chi connectivity index (χ0v) is 6.67. The lowest BCUT2D eigenvalue weighted by molar-refractivity contribution is -0.199. The van der Waals surface area contributed by atoms with Gasteiger partial charge in [-0.25, -0.2) is 9.59 Å². The summed E-state index contributed by atoms with van der Waals surface area (Å²) in [7, 11) is 0. The first-order valence-corrected chi connectivity index (χ1v) is 3.37. The minimum Gasteiger partial charge on any atom is -0.477 e. The first-order chi connectivity index (χ1) is 6.11. The topological polar surface area (TPSA) is 113 Å². The van der Waals surface area contributed by atoms with Crippen molar-refractivity contribution < 1.29 is 34.4 Å². The number of carboxylic acids is 1. The van der Waals surface area contributed by atoms with Crippen molar-refractivity contribution in [2.24, 2.45) is 0 Å². The van der Waals surface area contributed by atoms with Gasteiger partial charge in [0.2, 0.25) is 0 Å². The van der Waals surface area contributed by atoms with Crippen LogP contribution in [0.1, 0.15) is 0 Å². The molecule has 0 aliphatic carbocycles. The fourth-order valence-electron chi connectivity index (χ4n) is 0.472. The first kappa shape index (κ1) is 11.8. The summed E-state index contributed by atoms with van der Waals surface area (Å²) in [4.78, 5) is 20.7. The highest BCUT2D eigenvalue weighted by atomic mass is 16.7. The molecule has 3 N–H and O–H groups in total. The van der Waals surface area contributed by atoms with Crippen LogP contribution in [0.25, 0.3) is 0 Å². The van der Waals surface area contributed by atoms with Gasteiger partial charge >= 0.3 is 18.2 Å². The van der Waals surface area contributed by atoms with Crippen LogP contribution >= 0.6 is 0 Å². The van der Waals surface area contributed by atoms with Crippen molar-refractivity contribution in [2.75, 3.05) is 19.8 Å². The van der Waals surface area contributed by atoms with Crippen molar-refractivity contribution in [1.82, 2.24) is 0 Å². The maximum absolute atomic E-state index is 10.4. The summed E-state index contributed by atoms with van der Waals surface area (Å²) in [5.74, 6) is -2.61. The zero-order valence-electron chi connectivity index (χ0n) is 6.67. The zero-order chi connectivity index (χ0) is 10.3. The predicted molar refractivity (Wildman–Crippen MR) is 37.6 cm³/mol. The standard InChI is InChI=1S/C6H10O7/c7-1-2-12-6(5(10)11)13-4(9)3-8/h6-8H,1-3H2,(H,10,11). The van der Waals surface area contributed by atoms with Gasteiger partial charge in [0, 0.05) is 0 Å². The second-order valence-electron chi connectivity index (χ2n) is 1.91. The molecular weight excluding hydrogens is 184 g/mol. The van der Waals surface area contributed by atoms with E-state index in [0.29, 0.717) is 0 Å². The molecule has 0 fully saturated rings. The summed E-state index contributed by atoms with van der Waals surface area (Å²) in [6.45, 7) is -1.58. The quantitative estimate of drug-likeness (QED) is 0.329. The summed E-state index contributed by atoms with van der Waals surface area (Å²) in [6.07, 6.45) is -1.79. The molecule has 0 aliphatic heterocycles. The number of carbonyl (C=O) groups is 2. The predicted octanol–water partition coefficient (Wildman–Crippen LogP) is -2.06. The SMILES string of the molecule is O=C(CO)OC(OCCO)C(=O)O. The largest absolute Gasteiger partial charge is 0.477 e. The first-order valence-electron chi connectivity index (χ1n) is 3.37. The van der Waals surface area contributed by atoms with Crippen LogP contribution in [0.4, 0.5) is 0 Å². The van der Waals surface area contributed by atoms with Gasteiger partial charge < -0.3 is 24.8 Å². The van der Waals surface area contributed by atoms with E-state index in [1.807, 2.05) is 0 Å². The van der Waals surface area contributed by atoms with Crippen molar-refractivity contribution in [1.29, 1.82) is 0 Å². The van der Waals surface area contributed by atoms with Crippen LogP contribution in [-0.4, -0.2) is 53.4 Å². The highest BCUT2D eigenvalue weighted by Crippen LogP contribution is 1.95. The molecule has 7 nitrogen and oxygen atoms in total. The number of aliphatic hydroxyl groups is 2. The van der Waals surface area contributed by atoms with Crippen molar-refractivity contribution >= 4 is 11.9 Å². The van der Waals surface area contributed by atoms with Gasteiger partial charge in [-0.3, -0.25) is 0 Å². The highest BCUT2D eigenvalue weighted by Gasteiger charge is 2.21. The molecule has 0 aromatic carbocycles. The van der Waals surface area contributed by atoms with E-state index in [0.717, 1.165) is 0 Å². The average molecular weight is 194 g/mol. The van der Waals surface area contributed by atoms with Gasteiger partial charge in [0.25, 0.3) is 0 Å². The number of hydrogen-bond donors (Lipinski definition) is 3. The van der Waals surface area contributed by atoms with Gasteiger partial charge in [-0.1, -0.05) is 0 Å². The van der Waals surface area contributed by atoms with Crippen LogP contribution < -0.4 is 0 Å². The molecule has 13 heavy (non-hydrogen) atoms. The molecule has 1 atom stereocenters. The second kappa shape index (κ2) is 6.35. The van der Waals surface area contributed by atoms with E-state index in [2.05, 4.69) is 9.47 Å². The molecule has 0 rings (SSSR count). The Labute approximate surface area is 73.5 Å². The van der Waals surface area contributed by atoms with Crippen molar-refractivity contribution in [3.05, 3.63) is 0 Å². The van der Waals surface area contributed by atoms with Crippen molar-refractivity contribution in [3.63, 3.8) is 0 Å². The minimum absolute atomic E-state index is 0.268. The maximum Gasteiger partial charge on any atom is 0.374 e. The lowest BCUT2D eigenvalue weighted by Gasteiger charge is -2.12. The van der Waals surface area contributed by atoms with E-state index in [-0.39, 0.29) is 13.2 Å². The Morgan fingerprint density at radius 3 is 2.31 bits per heavy atom. The van der Waals surface area contributed by atoms with Gasteiger partial charge in [0.15, 0.2) is 0 Å². The van der Waals surface area contributed by atoms with E-state index in [4.69, 9.17) is 15.3 Å². The molecule has 0 spiro atoms. The normalized spacial score (nSPS) is 12.2. The van der Waals surface area contributed by atoms with Crippen LogP contribution in [0.5, 0.6) is 0 Å². The molecule has 7 heteroatoms. The maximum atomic E-state index is 10.4. The van der Waals surface area contributed by atoms with Crippen LogP contribution in [0.15, 0.2) is 0 Å². The number of esters is 1. The number of aliphatic carboxylic acids is 1. The number of hydrogen-bond acceptors (Lipinski definition) is 6. The molecule has 0 amide bonds. The Morgan fingerprint density at radius 2 is 1.92 bits per heavy atom. The van der Waals surface area contributed by atoms with Gasteiger partial charge in [0.05, 0.1) is 13.2 Å². The fourth-order valence-corrected chi connectivity index (χ4v) is 0.472. The van der Waals surface area contributed by atoms with Gasteiger partial charge in [-0.2, -0.15) is 0 Å². The third-order valence-electron chi connectivity index (χ3n) is 0.930. The third-order valence-corrected chi connectivity index (χ3v) is 0.930. The van der Waals surface area contributed by atoms with Crippen LogP contribution in [0.3, 0.4) is 0 Å². The number of carboxylic acid groups (broad SMARTS) is 1. The molecule has 0 bridgehead atoms. The molecule has 0 aromatic heterocycles. The van der Waals surface area contributed by atoms with Crippen LogP contribution in [0, 0.1) is 0 Å². The Kier molecular flexibility index (Phi) is 5.77. The summed E-state index contributed by atoms with van der Waals surface area (Å²) < 4.78 is 8.56. The van der Waals surface area contributed by atoms with E-state index in [9.17, 15) is 9.59 Å². The van der Waals surface area contributed by atoms with E-state index < -0.39 is 24.8 Å². The molecule has 0 saturated heterocycles. The van der Waals surface area contributed by atoms with E-state index >= 15 is 0 Å². The average Bonchev–Trinajstić information content (AvgIpc) is 2.11. The summed E-state index contributed by atoms with van der Waals surface area (Å²) >= 11 is 0. The number of ether oxygens (including phenoxy) is 2. The molecular formula is C6H10O7. The van der Waals surface area contributed by atoms with Crippen molar-refractivity contribution in [3.8, 4) is 0 Å². The highest BCUT2D eigenvalue weighted by molar-refractivity contribution is 5.77. The number of rotatable bonds is 6. The summed E-state index contributed by atoms with van der Waals surface area (Å²) in [6, 6.07) is 0. The molecule has 76 valence electrons. The van der Waals surface area contributed by atoms with Gasteiger partial charge in [-0.15, -0.1) is 0 Å². The lowest BCUT2D eigenvalue weighted by Crippen LogP contribution is -2.31. The minimum atomic E-state index is -1.79.